The summed E-state index contributed by atoms with van der Waals surface area (Å²) < 4.78 is 0. The number of fused-ring (bicyclic) bond motifs is 2. The van der Waals surface area contributed by atoms with Gasteiger partial charge in [0.05, 0.1) is 32.7 Å². The van der Waals surface area contributed by atoms with E-state index in [-0.39, 0.29) is 35.0 Å². The number of hydrogen-bond donors (Lipinski definition) is 0. The van der Waals surface area contributed by atoms with E-state index in [1.54, 1.807) is 0 Å². The second-order valence-electron chi connectivity index (χ2n) is 7.29. The van der Waals surface area contributed by atoms with Crippen molar-refractivity contribution < 1.29 is 20.1 Å². The zero-order valence-electron chi connectivity index (χ0n) is 18.7. The first kappa shape index (κ1) is 27.3. The first-order valence-electron chi connectivity index (χ1n) is 10.2. The quantitative estimate of drug-likeness (QED) is 0.328. The molecule has 5 heteroatoms. The maximum absolute atomic E-state index is 4.72. The van der Waals surface area contributed by atoms with Crippen molar-refractivity contribution in [2.45, 2.75) is 22.6 Å². The minimum atomic E-state index is 0. The van der Waals surface area contributed by atoms with Crippen LogP contribution in [0.25, 0.3) is 0 Å². The third-order valence-corrected chi connectivity index (χ3v) is 7.73. The van der Waals surface area contributed by atoms with Crippen LogP contribution in [0.1, 0.15) is 11.1 Å². The summed E-state index contributed by atoms with van der Waals surface area (Å²) in [6.45, 7) is 0. The molecule has 2 aliphatic heterocycles. The van der Waals surface area contributed by atoms with E-state index in [0.29, 0.717) is 22.6 Å². The summed E-state index contributed by atoms with van der Waals surface area (Å²) in [5.41, 5.74) is 2.47. The predicted molar refractivity (Wildman–Crippen MR) is 146 cm³/mol. The van der Waals surface area contributed by atoms with Gasteiger partial charge >= 0.3 is 0 Å². The molecule has 0 saturated heterocycles. The number of hydrogen-bond acceptors (Lipinski definition) is 4. The molecular weight excluding hydrogens is 621 g/mol. The summed E-state index contributed by atoms with van der Waals surface area (Å²) in [6, 6.07) is 21.5. The van der Waals surface area contributed by atoms with Crippen LogP contribution in [0.15, 0.2) is 119 Å². The SMILES string of the molecule is C1=CC2N=C(c3ccccc3)SC2C=C1.C1=CC2N=C(c3ccccc3)SC2C=C1.[CH3-].[CH3-].[Ir]. The van der Waals surface area contributed by atoms with Gasteiger partial charge in [-0.1, -0.05) is 133 Å². The number of allylic oxidation sites excluding steroid dienone is 4. The summed E-state index contributed by atoms with van der Waals surface area (Å²) >= 11 is 3.72. The molecule has 0 amide bonds. The molecule has 0 aromatic heterocycles. The van der Waals surface area contributed by atoms with E-state index in [0.717, 1.165) is 0 Å². The van der Waals surface area contributed by atoms with E-state index in [9.17, 15) is 0 Å². The average molecular weight is 649 g/mol. The van der Waals surface area contributed by atoms with Gasteiger partial charge in [0.2, 0.25) is 0 Å². The Balaban J connectivity index is 0.000000214. The van der Waals surface area contributed by atoms with Crippen molar-refractivity contribution in [1.82, 2.24) is 0 Å². The van der Waals surface area contributed by atoms with E-state index in [4.69, 9.17) is 9.98 Å². The fourth-order valence-electron chi connectivity index (χ4n) is 3.64. The Kier molecular flexibility index (Phi) is 10.8. The third kappa shape index (κ3) is 6.58. The van der Waals surface area contributed by atoms with Gasteiger partial charge in [-0.2, -0.15) is 0 Å². The van der Waals surface area contributed by atoms with Crippen LogP contribution in [0.5, 0.6) is 0 Å². The van der Waals surface area contributed by atoms with Crippen molar-refractivity contribution in [1.29, 1.82) is 0 Å². The fraction of sp³-hybridized carbons (Fsp3) is 0.143. The Morgan fingerprint density at radius 2 is 0.879 bits per heavy atom. The Hall–Kier alpha value is -1.91. The van der Waals surface area contributed by atoms with Gasteiger partial charge < -0.3 is 14.9 Å². The van der Waals surface area contributed by atoms with Crippen LogP contribution < -0.4 is 0 Å². The molecule has 4 aliphatic rings. The van der Waals surface area contributed by atoms with Crippen molar-refractivity contribution >= 4 is 33.6 Å². The maximum atomic E-state index is 4.72. The van der Waals surface area contributed by atoms with Crippen LogP contribution in [0.2, 0.25) is 0 Å². The number of rotatable bonds is 2. The van der Waals surface area contributed by atoms with Gasteiger partial charge in [0.25, 0.3) is 0 Å². The molecule has 173 valence electrons. The molecule has 6 rings (SSSR count). The Bertz CT molecular complexity index is 984. The van der Waals surface area contributed by atoms with E-state index >= 15 is 0 Å². The molecule has 4 unspecified atom stereocenters. The number of thioether (sulfide) groups is 2. The van der Waals surface area contributed by atoms with Crippen LogP contribution in [0, 0.1) is 14.9 Å². The van der Waals surface area contributed by atoms with Crippen LogP contribution >= 0.6 is 23.5 Å². The first-order valence-corrected chi connectivity index (χ1v) is 11.9. The topological polar surface area (TPSA) is 24.7 Å². The fourth-order valence-corrected chi connectivity index (χ4v) is 5.98. The van der Waals surface area contributed by atoms with Crippen molar-refractivity contribution in [2.75, 3.05) is 0 Å². The van der Waals surface area contributed by atoms with E-state index < -0.39 is 0 Å². The standard InChI is InChI=1S/2C13H11NS.2CH3.Ir/c2*1-2-6-10(7-3-1)13-14-11-8-4-5-9-12(11)15-13;;;/h2*1-9,11-12H;2*1H3;/q;;2*-1;. The number of aliphatic imine (C=N–C) groups is 2. The van der Waals surface area contributed by atoms with Gasteiger partial charge in [0.15, 0.2) is 0 Å². The van der Waals surface area contributed by atoms with Crippen molar-refractivity contribution in [3.8, 4) is 0 Å². The maximum Gasteiger partial charge on any atom is 0.0991 e. The molecule has 0 saturated carbocycles. The van der Waals surface area contributed by atoms with Crippen molar-refractivity contribution in [3.63, 3.8) is 0 Å². The van der Waals surface area contributed by atoms with E-state index in [1.807, 2.05) is 35.7 Å². The Morgan fingerprint density at radius 3 is 1.24 bits per heavy atom. The molecule has 0 N–H and O–H groups in total. The zero-order chi connectivity index (χ0) is 20.2. The van der Waals surface area contributed by atoms with Crippen molar-refractivity contribution in [3.05, 3.63) is 135 Å². The molecule has 4 atom stereocenters. The smallest absolute Gasteiger partial charge is 0.0991 e. The molecule has 2 nitrogen and oxygen atoms in total. The summed E-state index contributed by atoms with van der Waals surface area (Å²) in [6.07, 6.45) is 17.2. The summed E-state index contributed by atoms with van der Waals surface area (Å²) in [4.78, 5) is 9.44. The molecule has 2 heterocycles. The molecule has 0 fully saturated rings. The van der Waals surface area contributed by atoms with Crippen LogP contribution in [-0.4, -0.2) is 32.7 Å². The second kappa shape index (κ2) is 13.1. The van der Waals surface area contributed by atoms with E-state index in [2.05, 4.69) is 97.1 Å². The Labute approximate surface area is 220 Å². The molecule has 1 radical (unpaired) electrons. The van der Waals surface area contributed by atoms with Crippen molar-refractivity contribution in [2.24, 2.45) is 9.98 Å². The Morgan fingerprint density at radius 1 is 0.515 bits per heavy atom. The summed E-state index contributed by atoms with van der Waals surface area (Å²) in [7, 11) is 0. The van der Waals surface area contributed by atoms with Gasteiger partial charge in [0, 0.05) is 31.2 Å². The van der Waals surface area contributed by atoms with Gasteiger partial charge in [0.1, 0.15) is 0 Å². The first-order chi connectivity index (χ1) is 14.9. The van der Waals surface area contributed by atoms with Gasteiger partial charge in [-0.3, -0.25) is 9.98 Å². The molecule has 0 spiro atoms. The largest absolute Gasteiger partial charge is 0.358 e. The molecule has 33 heavy (non-hydrogen) atoms. The predicted octanol–water partition coefficient (Wildman–Crippen LogP) is 6.98. The van der Waals surface area contributed by atoms with E-state index in [1.165, 1.54) is 21.2 Å². The molecule has 2 aromatic rings. The minimum Gasteiger partial charge on any atom is -0.358 e. The number of nitrogens with zero attached hydrogens (tertiary/aromatic N) is 2. The van der Waals surface area contributed by atoms with Crippen LogP contribution in [0.4, 0.5) is 0 Å². The summed E-state index contributed by atoms with van der Waals surface area (Å²) in [5, 5.41) is 3.35. The summed E-state index contributed by atoms with van der Waals surface area (Å²) in [5.74, 6) is 0. The third-order valence-electron chi connectivity index (χ3n) is 5.18. The zero-order valence-corrected chi connectivity index (χ0v) is 22.8. The van der Waals surface area contributed by atoms with Crippen LogP contribution in [0.3, 0.4) is 0 Å². The molecular formula is C28H28IrN2S2-2. The monoisotopic (exact) mass is 649 g/mol. The minimum absolute atomic E-state index is 0. The second-order valence-corrected chi connectivity index (χ2v) is 9.62. The molecule has 2 aromatic carbocycles. The molecule has 2 aliphatic carbocycles. The normalized spacial score (nSPS) is 25.1. The number of benzene rings is 2. The average Bonchev–Trinajstić information content (AvgIpc) is 3.45. The van der Waals surface area contributed by atoms with Gasteiger partial charge in [-0.15, -0.1) is 0 Å². The van der Waals surface area contributed by atoms with Crippen LogP contribution in [-0.2, 0) is 20.1 Å². The van der Waals surface area contributed by atoms with Gasteiger partial charge in [-0.05, 0) is 0 Å². The molecule has 0 bridgehead atoms. The van der Waals surface area contributed by atoms with Gasteiger partial charge in [-0.25, -0.2) is 0 Å².